The summed E-state index contributed by atoms with van der Waals surface area (Å²) in [7, 11) is 3.60. The first-order valence-electron chi connectivity index (χ1n) is 6.75. The predicted molar refractivity (Wildman–Crippen MR) is 80.8 cm³/mol. The van der Waals surface area contributed by atoms with Crippen molar-refractivity contribution >= 4 is 5.96 Å². The summed E-state index contributed by atoms with van der Waals surface area (Å²) < 4.78 is 5.97. The monoisotopic (exact) mass is 263 g/mol. The van der Waals surface area contributed by atoms with Crippen molar-refractivity contribution < 1.29 is 4.74 Å². The van der Waals surface area contributed by atoms with Gasteiger partial charge in [-0.2, -0.15) is 0 Å². The normalized spacial score (nSPS) is 13.0. The minimum Gasteiger partial charge on any atom is -0.490 e. The number of ether oxygens (including phenoxy) is 1. The molecular formula is C15H25N3O. The molecule has 106 valence electrons. The quantitative estimate of drug-likeness (QED) is 0.633. The van der Waals surface area contributed by atoms with Crippen molar-refractivity contribution in [3.63, 3.8) is 0 Å². The van der Waals surface area contributed by atoms with Crippen LogP contribution in [-0.4, -0.2) is 26.2 Å². The van der Waals surface area contributed by atoms with Gasteiger partial charge in [0.05, 0.1) is 6.10 Å². The van der Waals surface area contributed by atoms with Gasteiger partial charge in [0.25, 0.3) is 0 Å². The standard InChI is InChI=1S/C15H25N3O/c1-6-12(3)19-14-9-11(2)7-8-13(14)10-18-15(16-4)17-5/h7-9,12H,6,10H2,1-5H3,(H2,16,17,18). The number of aliphatic imine (C=N–C) groups is 1. The van der Waals surface area contributed by atoms with Gasteiger partial charge in [-0.1, -0.05) is 19.1 Å². The molecule has 4 heteroatoms. The van der Waals surface area contributed by atoms with Crippen LogP contribution in [0.15, 0.2) is 23.2 Å². The van der Waals surface area contributed by atoms with Crippen molar-refractivity contribution in [1.29, 1.82) is 0 Å². The Balaban J connectivity index is 2.81. The van der Waals surface area contributed by atoms with E-state index in [2.05, 4.69) is 54.6 Å². The van der Waals surface area contributed by atoms with Crippen LogP contribution in [0.2, 0.25) is 0 Å². The van der Waals surface area contributed by atoms with Gasteiger partial charge in [0.15, 0.2) is 5.96 Å². The number of aryl methyl sites for hydroxylation is 1. The molecule has 1 aromatic carbocycles. The summed E-state index contributed by atoms with van der Waals surface area (Å²) in [6.45, 7) is 6.99. The summed E-state index contributed by atoms with van der Waals surface area (Å²) in [6.07, 6.45) is 1.23. The molecule has 4 nitrogen and oxygen atoms in total. The SMILES string of the molecule is CCC(C)Oc1cc(C)ccc1CNC(=NC)NC. The Hall–Kier alpha value is -1.71. The molecule has 2 N–H and O–H groups in total. The second-order valence-corrected chi connectivity index (χ2v) is 4.62. The minimum absolute atomic E-state index is 0.226. The Morgan fingerprint density at radius 3 is 2.74 bits per heavy atom. The highest BCUT2D eigenvalue weighted by Gasteiger charge is 2.08. The van der Waals surface area contributed by atoms with Gasteiger partial charge in [-0.25, -0.2) is 0 Å². The van der Waals surface area contributed by atoms with E-state index in [9.17, 15) is 0 Å². The lowest BCUT2D eigenvalue weighted by Crippen LogP contribution is -2.34. The predicted octanol–water partition coefficient (Wildman–Crippen LogP) is 2.47. The van der Waals surface area contributed by atoms with E-state index in [1.807, 2.05) is 7.05 Å². The largest absolute Gasteiger partial charge is 0.490 e. The average molecular weight is 263 g/mol. The van der Waals surface area contributed by atoms with Gasteiger partial charge in [-0.15, -0.1) is 0 Å². The van der Waals surface area contributed by atoms with E-state index < -0.39 is 0 Å². The smallest absolute Gasteiger partial charge is 0.190 e. The van der Waals surface area contributed by atoms with Crippen molar-refractivity contribution in [2.75, 3.05) is 14.1 Å². The third kappa shape index (κ3) is 4.81. The van der Waals surface area contributed by atoms with E-state index in [1.54, 1.807) is 7.05 Å². The molecule has 0 spiro atoms. The van der Waals surface area contributed by atoms with Crippen molar-refractivity contribution in [3.8, 4) is 5.75 Å². The highest BCUT2D eigenvalue weighted by Crippen LogP contribution is 2.22. The number of guanidine groups is 1. The first-order chi connectivity index (χ1) is 9.10. The fraction of sp³-hybridized carbons (Fsp3) is 0.533. The molecule has 1 atom stereocenters. The second kappa shape index (κ2) is 7.67. The van der Waals surface area contributed by atoms with E-state index in [0.717, 1.165) is 23.7 Å². The molecule has 0 saturated heterocycles. The molecule has 1 rings (SSSR count). The van der Waals surface area contributed by atoms with E-state index >= 15 is 0 Å². The van der Waals surface area contributed by atoms with Crippen molar-refractivity contribution in [1.82, 2.24) is 10.6 Å². The maximum absolute atomic E-state index is 5.97. The Morgan fingerprint density at radius 1 is 1.42 bits per heavy atom. The Bertz CT molecular complexity index is 429. The lowest BCUT2D eigenvalue weighted by Gasteiger charge is -2.17. The van der Waals surface area contributed by atoms with Crippen LogP contribution in [0.4, 0.5) is 0 Å². The van der Waals surface area contributed by atoms with Gasteiger partial charge in [0.1, 0.15) is 5.75 Å². The van der Waals surface area contributed by atoms with Crippen LogP contribution >= 0.6 is 0 Å². The highest BCUT2D eigenvalue weighted by atomic mass is 16.5. The molecular weight excluding hydrogens is 238 g/mol. The summed E-state index contributed by atoms with van der Waals surface area (Å²) in [5, 5.41) is 6.25. The van der Waals surface area contributed by atoms with E-state index in [-0.39, 0.29) is 6.10 Å². The molecule has 0 fully saturated rings. The fourth-order valence-electron chi connectivity index (χ4n) is 1.68. The van der Waals surface area contributed by atoms with Crippen LogP contribution in [0.25, 0.3) is 0 Å². The Morgan fingerprint density at radius 2 is 2.16 bits per heavy atom. The first kappa shape index (κ1) is 15.3. The summed E-state index contributed by atoms with van der Waals surface area (Å²) in [6, 6.07) is 6.29. The van der Waals surface area contributed by atoms with Gasteiger partial charge < -0.3 is 15.4 Å². The van der Waals surface area contributed by atoms with Gasteiger partial charge in [0, 0.05) is 26.2 Å². The zero-order chi connectivity index (χ0) is 14.3. The van der Waals surface area contributed by atoms with Crippen molar-refractivity contribution in [2.45, 2.75) is 39.8 Å². The van der Waals surface area contributed by atoms with E-state index in [0.29, 0.717) is 6.54 Å². The van der Waals surface area contributed by atoms with Crippen LogP contribution in [0.1, 0.15) is 31.4 Å². The molecule has 0 bridgehead atoms. The Kier molecular flexibility index (Phi) is 6.19. The third-order valence-corrected chi connectivity index (χ3v) is 3.03. The van der Waals surface area contributed by atoms with E-state index in [4.69, 9.17) is 4.74 Å². The maximum Gasteiger partial charge on any atom is 0.190 e. The number of benzene rings is 1. The molecule has 0 radical (unpaired) electrons. The number of hydrogen-bond donors (Lipinski definition) is 2. The summed E-state index contributed by atoms with van der Waals surface area (Å²) in [5.74, 6) is 1.73. The molecule has 0 aliphatic rings. The molecule has 0 amide bonds. The number of rotatable bonds is 5. The highest BCUT2D eigenvalue weighted by molar-refractivity contribution is 5.79. The number of hydrogen-bond acceptors (Lipinski definition) is 2. The van der Waals surface area contributed by atoms with Crippen LogP contribution in [0, 0.1) is 6.92 Å². The van der Waals surface area contributed by atoms with Crippen molar-refractivity contribution in [2.24, 2.45) is 4.99 Å². The molecule has 0 aliphatic heterocycles. The molecule has 19 heavy (non-hydrogen) atoms. The summed E-state index contributed by atoms with van der Waals surface area (Å²) >= 11 is 0. The zero-order valence-electron chi connectivity index (χ0n) is 12.6. The minimum atomic E-state index is 0.226. The Labute approximate surface area is 116 Å². The van der Waals surface area contributed by atoms with Crippen LogP contribution in [0.5, 0.6) is 5.75 Å². The van der Waals surface area contributed by atoms with Crippen LogP contribution in [0.3, 0.4) is 0 Å². The van der Waals surface area contributed by atoms with Gasteiger partial charge in [-0.05, 0) is 31.9 Å². The number of nitrogens with zero attached hydrogens (tertiary/aromatic N) is 1. The van der Waals surface area contributed by atoms with Gasteiger partial charge >= 0.3 is 0 Å². The average Bonchev–Trinajstić information content (AvgIpc) is 2.41. The second-order valence-electron chi connectivity index (χ2n) is 4.62. The zero-order valence-corrected chi connectivity index (χ0v) is 12.6. The van der Waals surface area contributed by atoms with E-state index in [1.165, 1.54) is 5.56 Å². The summed E-state index contributed by atoms with van der Waals surface area (Å²) in [5.41, 5.74) is 2.35. The molecule has 1 unspecified atom stereocenters. The third-order valence-electron chi connectivity index (χ3n) is 3.03. The lowest BCUT2D eigenvalue weighted by atomic mass is 10.1. The first-order valence-corrected chi connectivity index (χ1v) is 6.75. The van der Waals surface area contributed by atoms with Crippen molar-refractivity contribution in [3.05, 3.63) is 29.3 Å². The molecule has 0 aromatic heterocycles. The molecule has 0 heterocycles. The topological polar surface area (TPSA) is 45.6 Å². The van der Waals surface area contributed by atoms with Crippen LogP contribution < -0.4 is 15.4 Å². The summed E-state index contributed by atoms with van der Waals surface area (Å²) in [4.78, 5) is 4.10. The van der Waals surface area contributed by atoms with Gasteiger partial charge in [0.2, 0.25) is 0 Å². The molecule has 1 aromatic rings. The molecule has 0 aliphatic carbocycles. The lowest BCUT2D eigenvalue weighted by molar-refractivity contribution is 0.215. The maximum atomic E-state index is 5.97. The van der Waals surface area contributed by atoms with Crippen LogP contribution in [-0.2, 0) is 6.54 Å². The molecule has 0 saturated carbocycles. The fourth-order valence-corrected chi connectivity index (χ4v) is 1.68. The number of nitrogens with one attached hydrogen (secondary N) is 2. The van der Waals surface area contributed by atoms with Gasteiger partial charge in [-0.3, -0.25) is 4.99 Å².